The molecule has 0 aromatic carbocycles. The minimum absolute atomic E-state index is 0.346. The van der Waals surface area contributed by atoms with E-state index in [9.17, 15) is 0 Å². The molecule has 1 atom stereocenters. The van der Waals surface area contributed by atoms with Crippen molar-refractivity contribution in [2.45, 2.75) is 38.4 Å². The lowest BCUT2D eigenvalue weighted by atomic mass is 10.2. The Balaban J connectivity index is 2.59. The summed E-state index contributed by atoms with van der Waals surface area (Å²) in [6.45, 7) is 7.38. The highest BCUT2D eigenvalue weighted by atomic mass is 79.9. The first-order valence-corrected chi connectivity index (χ1v) is 7.92. The minimum Gasteiger partial charge on any atom is -0.370 e. The molecule has 1 aromatic heterocycles. The molecule has 0 aliphatic rings. The summed E-state index contributed by atoms with van der Waals surface area (Å²) in [5.41, 5.74) is 0. The number of nitrogens with one attached hydrogen (secondary N) is 1. The van der Waals surface area contributed by atoms with Crippen LogP contribution in [0.15, 0.2) is 10.7 Å². The number of halogens is 1. The van der Waals surface area contributed by atoms with E-state index in [2.05, 4.69) is 58.2 Å². The monoisotopic (exact) mass is 317 g/mol. The topological polar surface area (TPSA) is 37.8 Å². The summed E-state index contributed by atoms with van der Waals surface area (Å²) >= 11 is 5.31. The third-order valence-corrected chi connectivity index (χ3v) is 3.93. The number of nitrogens with zero attached hydrogens (tertiary/aromatic N) is 2. The van der Waals surface area contributed by atoms with Crippen molar-refractivity contribution in [1.82, 2.24) is 9.97 Å². The third kappa shape index (κ3) is 5.25. The molecule has 0 fully saturated rings. The molecule has 0 spiro atoms. The lowest BCUT2D eigenvalue weighted by molar-refractivity contribution is 0.766. The van der Waals surface area contributed by atoms with Gasteiger partial charge in [0.1, 0.15) is 16.2 Å². The fourth-order valence-corrected chi connectivity index (χ4v) is 2.06. The number of thioether (sulfide) groups is 1. The van der Waals surface area contributed by atoms with E-state index >= 15 is 0 Å². The van der Waals surface area contributed by atoms with Gasteiger partial charge in [-0.2, -0.15) is 11.8 Å². The maximum atomic E-state index is 4.50. The Kier molecular flexibility index (Phi) is 6.27. The molecule has 0 radical (unpaired) electrons. The molecular formula is C12H20BrN3S. The molecule has 0 amide bonds. The molecule has 96 valence electrons. The van der Waals surface area contributed by atoms with Gasteiger partial charge in [0.25, 0.3) is 0 Å². The van der Waals surface area contributed by atoms with E-state index in [1.165, 1.54) is 0 Å². The molecule has 5 heteroatoms. The van der Waals surface area contributed by atoms with Crippen LogP contribution in [-0.2, 0) is 0 Å². The molecule has 1 rings (SSSR count). The van der Waals surface area contributed by atoms with Crippen LogP contribution in [0, 0.1) is 0 Å². The first-order valence-electron chi connectivity index (χ1n) is 5.84. The number of anilines is 1. The van der Waals surface area contributed by atoms with Gasteiger partial charge in [0.2, 0.25) is 0 Å². The first-order chi connectivity index (χ1) is 8.02. The van der Waals surface area contributed by atoms with Crippen molar-refractivity contribution >= 4 is 33.5 Å². The van der Waals surface area contributed by atoms with Crippen LogP contribution in [0.5, 0.6) is 0 Å². The fraction of sp³-hybridized carbons (Fsp3) is 0.667. The van der Waals surface area contributed by atoms with E-state index in [0.29, 0.717) is 11.2 Å². The van der Waals surface area contributed by atoms with Gasteiger partial charge in [-0.05, 0) is 28.6 Å². The Hall–Kier alpha value is -0.290. The van der Waals surface area contributed by atoms with Crippen molar-refractivity contribution in [3.8, 4) is 0 Å². The molecule has 1 aromatic rings. The average Bonchev–Trinajstić information content (AvgIpc) is 2.28. The largest absolute Gasteiger partial charge is 0.370 e. The van der Waals surface area contributed by atoms with E-state index in [0.717, 1.165) is 29.2 Å². The van der Waals surface area contributed by atoms with Crippen molar-refractivity contribution in [2.24, 2.45) is 0 Å². The molecular weight excluding hydrogens is 298 g/mol. The number of aromatic nitrogens is 2. The average molecular weight is 318 g/mol. The zero-order valence-corrected chi connectivity index (χ0v) is 13.2. The highest BCUT2D eigenvalue weighted by Gasteiger charge is 2.07. The molecule has 1 unspecified atom stereocenters. The minimum atomic E-state index is 0.346. The Morgan fingerprint density at radius 2 is 2.06 bits per heavy atom. The van der Waals surface area contributed by atoms with Crippen LogP contribution in [-0.4, -0.2) is 28.0 Å². The van der Waals surface area contributed by atoms with Gasteiger partial charge in [-0.25, -0.2) is 9.97 Å². The second-order valence-electron chi connectivity index (χ2n) is 4.35. The van der Waals surface area contributed by atoms with Crippen molar-refractivity contribution in [3.05, 3.63) is 16.5 Å². The van der Waals surface area contributed by atoms with Crippen molar-refractivity contribution in [2.75, 3.05) is 18.1 Å². The Morgan fingerprint density at radius 3 is 2.65 bits per heavy atom. The number of rotatable bonds is 6. The lowest BCUT2D eigenvalue weighted by Crippen LogP contribution is -2.10. The maximum Gasteiger partial charge on any atom is 0.134 e. The van der Waals surface area contributed by atoms with Crippen LogP contribution >= 0.6 is 27.7 Å². The molecule has 0 saturated heterocycles. The van der Waals surface area contributed by atoms with Crippen LogP contribution in [0.1, 0.15) is 38.9 Å². The van der Waals surface area contributed by atoms with Crippen LogP contribution in [0.3, 0.4) is 0 Å². The van der Waals surface area contributed by atoms with Crippen LogP contribution in [0.4, 0.5) is 5.82 Å². The van der Waals surface area contributed by atoms with Crippen molar-refractivity contribution in [3.63, 3.8) is 0 Å². The van der Waals surface area contributed by atoms with Crippen LogP contribution < -0.4 is 5.32 Å². The Morgan fingerprint density at radius 1 is 1.35 bits per heavy atom. The predicted octanol–water partition coefficient (Wildman–Crippen LogP) is 3.92. The zero-order chi connectivity index (χ0) is 12.8. The van der Waals surface area contributed by atoms with Crippen LogP contribution in [0.25, 0.3) is 0 Å². The molecule has 0 bridgehead atoms. The summed E-state index contributed by atoms with van der Waals surface area (Å²) in [6.07, 6.45) is 3.28. The summed E-state index contributed by atoms with van der Waals surface area (Å²) in [5.74, 6) is 2.13. The van der Waals surface area contributed by atoms with E-state index in [-0.39, 0.29) is 0 Å². The van der Waals surface area contributed by atoms with Gasteiger partial charge in [-0.3, -0.25) is 0 Å². The normalized spacial score (nSPS) is 12.8. The maximum absolute atomic E-state index is 4.50. The van der Waals surface area contributed by atoms with Gasteiger partial charge in [0.05, 0.1) is 0 Å². The van der Waals surface area contributed by atoms with Gasteiger partial charge in [-0.1, -0.05) is 20.8 Å². The SMILES string of the molecule is CSC(C)CCNc1cc(Br)nc(C(C)C)n1. The fourth-order valence-electron chi connectivity index (χ4n) is 1.31. The first kappa shape index (κ1) is 14.8. The van der Waals surface area contributed by atoms with Gasteiger partial charge in [0, 0.05) is 23.8 Å². The summed E-state index contributed by atoms with van der Waals surface area (Å²) < 4.78 is 0.844. The lowest BCUT2D eigenvalue weighted by Gasteiger charge is -2.11. The molecule has 3 nitrogen and oxygen atoms in total. The summed E-state index contributed by atoms with van der Waals surface area (Å²) in [5, 5.41) is 4.03. The molecule has 0 aliphatic carbocycles. The molecule has 1 N–H and O–H groups in total. The predicted molar refractivity (Wildman–Crippen MR) is 79.9 cm³/mol. The van der Waals surface area contributed by atoms with Gasteiger partial charge >= 0.3 is 0 Å². The number of hydrogen-bond donors (Lipinski definition) is 1. The highest BCUT2D eigenvalue weighted by molar-refractivity contribution is 9.10. The van der Waals surface area contributed by atoms with Crippen molar-refractivity contribution < 1.29 is 0 Å². The standard InChI is InChI=1S/C12H20BrN3S/c1-8(2)12-15-10(13)7-11(16-12)14-6-5-9(3)17-4/h7-9H,5-6H2,1-4H3,(H,14,15,16). The van der Waals surface area contributed by atoms with Crippen LogP contribution in [0.2, 0.25) is 0 Å². The van der Waals surface area contributed by atoms with Gasteiger partial charge in [0.15, 0.2) is 0 Å². The summed E-state index contributed by atoms with van der Waals surface area (Å²) in [6, 6.07) is 1.93. The van der Waals surface area contributed by atoms with E-state index < -0.39 is 0 Å². The van der Waals surface area contributed by atoms with Crippen molar-refractivity contribution in [1.29, 1.82) is 0 Å². The van der Waals surface area contributed by atoms with Gasteiger partial charge < -0.3 is 5.32 Å². The molecule has 0 saturated carbocycles. The Labute approximate surface area is 116 Å². The highest BCUT2D eigenvalue weighted by Crippen LogP contribution is 2.18. The zero-order valence-electron chi connectivity index (χ0n) is 10.8. The Bertz CT molecular complexity index is 358. The quantitative estimate of drug-likeness (QED) is 0.807. The second-order valence-corrected chi connectivity index (χ2v) is 6.44. The third-order valence-electron chi connectivity index (χ3n) is 2.49. The number of hydrogen-bond acceptors (Lipinski definition) is 4. The molecule has 1 heterocycles. The van der Waals surface area contributed by atoms with Gasteiger partial charge in [-0.15, -0.1) is 0 Å². The van der Waals surface area contributed by atoms with E-state index in [1.54, 1.807) is 0 Å². The smallest absolute Gasteiger partial charge is 0.134 e. The summed E-state index contributed by atoms with van der Waals surface area (Å²) in [7, 11) is 0. The second kappa shape index (κ2) is 7.21. The van der Waals surface area contributed by atoms with E-state index in [4.69, 9.17) is 0 Å². The molecule has 17 heavy (non-hydrogen) atoms. The molecule has 0 aliphatic heterocycles. The van der Waals surface area contributed by atoms with E-state index in [1.807, 2.05) is 17.8 Å². The summed E-state index contributed by atoms with van der Waals surface area (Å²) in [4.78, 5) is 8.85.